The van der Waals surface area contributed by atoms with E-state index in [9.17, 15) is 18.0 Å². The zero-order chi connectivity index (χ0) is 17.5. The number of alkyl halides is 3. The molecule has 1 N–H and O–H groups in total. The number of furan rings is 1. The summed E-state index contributed by atoms with van der Waals surface area (Å²) in [5.74, 6) is -0.699. The van der Waals surface area contributed by atoms with Crippen LogP contribution in [0.1, 0.15) is 27.2 Å². The number of nitrogens with zero attached hydrogens (tertiary/aromatic N) is 1. The number of hydrogen-bond donors (Lipinski definition) is 1. The van der Waals surface area contributed by atoms with Gasteiger partial charge in [-0.05, 0) is 31.9 Å². The van der Waals surface area contributed by atoms with Gasteiger partial charge in [0, 0.05) is 18.0 Å². The summed E-state index contributed by atoms with van der Waals surface area (Å²) in [5, 5.41) is 9.89. The van der Waals surface area contributed by atoms with Crippen LogP contribution in [0.25, 0.3) is 11.0 Å². The minimum Gasteiger partial charge on any atom is -0.450 e. The molecule has 0 aliphatic rings. The van der Waals surface area contributed by atoms with Crippen molar-refractivity contribution in [3.8, 4) is 0 Å². The van der Waals surface area contributed by atoms with Gasteiger partial charge < -0.3 is 14.4 Å². The monoisotopic (exact) mass is 329 g/mol. The van der Waals surface area contributed by atoms with Crippen molar-refractivity contribution >= 4 is 16.9 Å². The van der Waals surface area contributed by atoms with Gasteiger partial charge in [0.25, 0.3) is 5.91 Å². The van der Waals surface area contributed by atoms with Crippen molar-refractivity contribution in [2.75, 3.05) is 13.6 Å². The van der Waals surface area contributed by atoms with Crippen molar-refractivity contribution in [2.24, 2.45) is 0 Å². The van der Waals surface area contributed by atoms with Gasteiger partial charge >= 0.3 is 6.18 Å². The molecular weight excluding hydrogens is 311 g/mol. The third kappa shape index (κ3) is 3.19. The summed E-state index contributed by atoms with van der Waals surface area (Å²) in [6.07, 6.45) is -7.37. The molecule has 0 radical (unpaired) electrons. The Bertz CT molecular complexity index is 749. The Kier molecular flexibility index (Phi) is 4.43. The minimum atomic E-state index is -4.77. The first-order valence-corrected chi connectivity index (χ1v) is 7.03. The summed E-state index contributed by atoms with van der Waals surface area (Å²) in [5.41, 5.74) is 2.89. The number of carbonyl (C=O) groups excluding carboxylic acids is 1. The lowest BCUT2D eigenvalue weighted by Gasteiger charge is -2.21. The molecule has 126 valence electrons. The third-order valence-electron chi connectivity index (χ3n) is 3.85. The second-order valence-electron chi connectivity index (χ2n) is 5.70. The zero-order valence-corrected chi connectivity index (χ0v) is 13.3. The largest absolute Gasteiger partial charge is 0.450 e. The summed E-state index contributed by atoms with van der Waals surface area (Å²) >= 11 is 0. The van der Waals surface area contributed by atoms with Crippen LogP contribution in [0, 0.1) is 20.8 Å². The summed E-state index contributed by atoms with van der Waals surface area (Å²) < 4.78 is 42.9. The minimum absolute atomic E-state index is 0.00530. The SMILES string of the molecule is Cc1ccc(C)c2c(C)c(C(=O)N(C)CC(O)C(F)(F)F)oc12. The summed E-state index contributed by atoms with van der Waals surface area (Å²) in [4.78, 5) is 13.2. The molecule has 0 bridgehead atoms. The smallest absolute Gasteiger partial charge is 0.416 e. The molecule has 0 fully saturated rings. The van der Waals surface area contributed by atoms with Gasteiger partial charge in [-0.1, -0.05) is 12.1 Å². The lowest BCUT2D eigenvalue weighted by atomic mass is 10.0. The van der Waals surface area contributed by atoms with E-state index in [4.69, 9.17) is 9.52 Å². The molecule has 23 heavy (non-hydrogen) atoms. The van der Waals surface area contributed by atoms with E-state index < -0.39 is 24.7 Å². The summed E-state index contributed by atoms with van der Waals surface area (Å²) in [6, 6.07) is 3.75. The van der Waals surface area contributed by atoms with Crippen molar-refractivity contribution in [3.63, 3.8) is 0 Å². The van der Waals surface area contributed by atoms with Gasteiger partial charge in [0.1, 0.15) is 5.58 Å². The Morgan fingerprint density at radius 2 is 1.83 bits per heavy atom. The Morgan fingerprint density at radius 1 is 1.26 bits per heavy atom. The maximum absolute atomic E-state index is 12.4. The highest BCUT2D eigenvalue weighted by Gasteiger charge is 2.39. The van der Waals surface area contributed by atoms with Crippen LogP contribution in [-0.4, -0.2) is 41.8 Å². The van der Waals surface area contributed by atoms with E-state index >= 15 is 0 Å². The van der Waals surface area contributed by atoms with Gasteiger partial charge in [0.2, 0.25) is 0 Å². The predicted octanol–water partition coefficient (Wildman–Crippen LogP) is 3.35. The number of aliphatic hydroxyl groups is 1. The normalized spacial score (nSPS) is 13.4. The van der Waals surface area contributed by atoms with Gasteiger partial charge in [-0.25, -0.2) is 0 Å². The third-order valence-corrected chi connectivity index (χ3v) is 3.85. The standard InChI is InChI=1S/C16H18F3NO3/c1-8-5-6-9(2)13-12(8)10(3)14(23-13)15(22)20(4)7-11(21)16(17,18)19/h5-6,11,21H,7H2,1-4H3. The first kappa shape index (κ1) is 17.3. The predicted molar refractivity (Wildman–Crippen MR) is 79.4 cm³/mol. The number of hydrogen-bond acceptors (Lipinski definition) is 3. The molecule has 1 unspecified atom stereocenters. The molecule has 1 aromatic carbocycles. The highest BCUT2D eigenvalue weighted by atomic mass is 19.4. The van der Waals surface area contributed by atoms with Crippen molar-refractivity contribution in [1.82, 2.24) is 4.90 Å². The number of halogens is 3. The van der Waals surface area contributed by atoms with Gasteiger partial charge in [-0.15, -0.1) is 0 Å². The van der Waals surface area contributed by atoms with Crippen molar-refractivity contribution in [3.05, 3.63) is 34.6 Å². The molecule has 1 heterocycles. The number of aliphatic hydroxyl groups excluding tert-OH is 1. The molecule has 0 saturated heterocycles. The number of aryl methyl sites for hydroxylation is 3. The van der Waals surface area contributed by atoms with E-state index in [2.05, 4.69) is 0 Å². The van der Waals surface area contributed by atoms with Gasteiger partial charge in [-0.2, -0.15) is 13.2 Å². The van der Waals surface area contributed by atoms with Crippen molar-refractivity contribution < 1.29 is 27.5 Å². The summed E-state index contributed by atoms with van der Waals surface area (Å²) in [6.45, 7) is 4.54. The Labute approximate surface area is 131 Å². The van der Waals surface area contributed by atoms with E-state index in [1.54, 1.807) is 6.92 Å². The van der Waals surface area contributed by atoms with Crippen LogP contribution < -0.4 is 0 Å². The van der Waals surface area contributed by atoms with Gasteiger partial charge in [0.05, 0.1) is 6.54 Å². The molecular formula is C16H18F3NO3. The second-order valence-corrected chi connectivity index (χ2v) is 5.70. The first-order valence-electron chi connectivity index (χ1n) is 7.03. The zero-order valence-electron chi connectivity index (χ0n) is 13.3. The van der Waals surface area contributed by atoms with E-state index in [0.29, 0.717) is 11.1 Å². The number of rotatable bonds is 3. The molecule has 0 spiro atoms. The fourth-order valence-corrected chi connectivity index (χ4v) is 2.50. The fraction of sp³-hybridized carbons (Fsp3) is 0.438. The van der Waals surface area contributed by atoms with Crippen LogP contribution in [0.4, 0.5) is 13.2 Å². The molecule has 0 saturated carbocycles. The van der Waals surface area contributed by atoms with Crippen molar-refractivity contribution in [2.45, 2.75) is 33.1 Å². The van der Waals surface area contributed by atoms with Crippen LogP contribution in [0.15, 0.2) is 16.5 Å². The van der Waals surface area contributed by atoms with Crippen LogP contribution >= 0.6 is 0 Å². The number of likely N-dealkylation sites (N-methyl/N-ethyl adjacent to an activating group) is 1. The highest BCUT2D eigenvalue weighted by Crippen LogP contribution is 2.31. The fourth-order valence-electron chi connectivity index (χ4n) is 2.50. The van der Waals surface area contributed by atoms with E-state index in [1.165, 1.54) is 7.05 Å². The second kappa shape index (κ2) is 5.88. The topological polar surface area (TPSA) is 53.7 Å². The first-order chi connectivity index (χ1) is 10.5. The molecule has 7 heteroatoms. The van der Waals surface area contributed by atoms with Crippen LogP contribution in [-0.2, 0) is 0 Å². The number of benzene rings is 1. The highest BCUT2D eigenvalue weighted by molar-refractivity contribution is 6.00. The van der Waals surface area contributed by atoms with Gasteiger partial charge in [-0.3, -0.25) is 4.79 Å². The molecule has 1 aromatic heterocycles. The Morgan fingerprint density at radius 3 is 2.35 bits per heavy atom. The molecule has 1 atom stereocenters. The van der Waals surface area contributed by atoms with Crippen LogP contribution in [0.5, 0.6) is 0 Å². The molecule has 4 nitrogen and oxygen atoms in total. The molecule has 0 aliphatic carbocycles. The average molecular weight is 329 g/mol. The summed E-state index contributed by atoms with van der Waals surface area (Å²) in [7, 11) is 1.20. The number of fused-ring (bicyclic) bond motifs is 1. The quantitative estimate of drug-likeness (QED) is 0.939. The van der Waals surface area contributed by atoms with Crippen LogP contribution in [0.2, 0.25) is 0 Å². The number of amides is 1. The number of carbonyl (C=O) groups is 1. The molecule has 2 aromatic rings. The van der Waals surface area contributed by atoms with E-state index in [0.717, 1.165) is 21.4 Å². The average Bonchev–Trinajstić information content (AvgIpc) is 2.80. The lowest BCUT2D eigenvalue weighted by molar-refractivity contribution is -0.205. The van der Waals surface area contributed by atoms with E-state index in [-0.39, 0.29) is 5.76 Å². The van der Waals surface area contributed by atoms with Crippen molar-refractivity contribution in [1.29, 1.82) is 0 Å². The van der Waals surface area contributed by atoms with E-state index in [1.807, 2.05) is 26.0 Å². The maximum atomic E-state index is 12.4. The van der Waals surface area contributed by atoms with Crippen LogP contribution in [0.3, 0.4) is 0 Å². The molecule has 1 amide bonds. The Hall–Kier alpha value is -2.02. The van der Waals surface area contributed by atoms with Gasteiger partial charge in [0.15, 0.2) is 11.9 Å². The Balaban J connectivity index is 2.37. The molecule has 0 aliphatic heterocycles. The maximum Gasteiger partial charge on any atom is 0.416 e. The lowest BCUT2D eigenvalue weighted by Crippen LogP contribution is -2.41. The molecule has 2 rings (SSSR count).